The maximum atomic E-state index is 6.16. The van der Waals surface area contributed by atoms with E-state index in [0.717, 1.165) is 22.2 Å². The number of thiophene rings is 1. The van der Waals surface area contributed by atoms with Crippen LogP contribution in [0.4, 0.5) is 0 Å². The van der Waals surface area contributed by atoms with Crippen molar-refractivity contribution >= 4 is 34.5 Å². The van der Waals surface area contributed by atoms with Gasteiger partial charge in [0.2, 0.25) is 0 Å². The molecule has 1 atom stereocenters. The molecule has 2 rings (SSSR count). The molecule has 1 aromatic carbocycles. The van der Waals surface area contributed by atoms with Crippen molar-refractivity contribution < 1.29 is 0 Å². The van der Waals surface area contributed by atoms with Crippen LogP contribution in [0.3, 0.4) is 0 Å². The number of benzene rings is 1. The lowest BCUT2D eigenvalue weighted by molar-refractivity contribution is 0.574. The van der Waals surface area contributed by atoms with E-state index in [4.69, 9.17) is 23.2 Å². The Morgan fingerprint density at radius 2 is 1.95 bits per heavy atom. The van der Waals surface area contributed by atoms with Crippen LogP contribution in [0.2, 0.25) is 10.0 Å². The Labute approximate surface area is 128 Å². The van der Waals surface area contributed by atoms with Crippen molar-refractivity contribution in [3.63, 3.8) is 0 Å². The first kappa shape index (κ1) is 14.9. The minimum absolute atomic E-state index is 0.306. The van der Waals surface area contributed by atoms with Gasteiger partial charge in [0.1, 0.15) is 0 Å². The molecule has 0 saturated heterocycles. The Morgan fingerprint density at radius 3 is 2.58 bits per heavy atom. The molecule has 1 nitrogen and oxygen atoms in total. The van der Waals surface area contributed by atoms with Crippen molar-refractivity contribution in [3.05, 3.63) is 55.2 Å². The van der Waals surface area contributed by atoms with E-state index in [1.807, 2.05) is 29.5 Å². The average Bonchev–Trinajstić information content (AvgIpc) is 2.69. The highest BCUT2D eigenvalue weighted by Crippen LogP contribution is 2.27. The number of hydrogen-bond acceptors (Lipinski definition) is 2. The van der Waals surface area contributed by atoms with Gasteiger partial charge in [0.25, 0.3) is 0 Å². The van der Waals surface area contributed by atoms with Gasteiger partial charge in [-0.15, -0.1) is 11.3 Å². The van der Waals surface area contributed by atoms with Crippen molar-refractivity contribution in [1.82, 2.24) is 5.32 Å². The fourth-order valence-electron chi connectivity index (χ4n) is 2.13. The lowest BCUT2D eigenvalue weighted by atomic mass is 10.1. The van der Waals surface area contributed by atoms with Crippen LogP contribution in [-0.4, -0.2) is 0 Å². The van der Waals surface area contributed by atoms with E-state index in [0.29, 0.717) is 6.04 Å². The standard InChI is InChI=1S/C15H17Cl2NS/c1-9-6-14(11(3)19-9)10(2)18-8-12-7-13(16)4-5-15(12)17/h4-7,10,18H,8H2,1-3H3. The first-order valence-corrected chi connectivity index (χ1v) is 7.79. The van der Waals surface area contributed by atoms with Crippen LogP contribution in [0.15, 0.2) is 24.3 Å². The molecule has 0 radical (unpaired) electrons. The zero-order valence-corrected chi connectivity index (χ0v) is 13.6. The van der Waals surface area contributed by atoms with E-state index in [2.05, 4.69) is 32.2 Å². The summed E-state index contributed by atoms with van der Waals surface area (Å²) < 4.78 is 0. The van der Waals surface area contributed by atoms with Gasteiger partial charge in [-0.3, -0.25) is 0 Å². The molecule has 0 amide bonds. The molecule has 19 heavy (non-hydrogen) atoms. The Balaban J connectivity index is 2.06. The van der Waals surface area contributed by atoms with Crippen molar-refractivity contribution in [1.29, 1.82) is 0 Å². The van der Waals surface area contributed by atoms with E-state index in [-0.39, 0.29) is 0 Å². The second-order valence-corrected chi connectivity index (χ2v) is 7.01. The zero-order valence-electron chi connectivity index (χ0n) is 11.3. The van der Waals surface area contributed by atoms with Gasteiger partial charge in [-0.25, -0.2) is 0 Å². The largest absolute Gasteiger partial charge is 0.306 e. The van der Waals surface area contributed by atoms with E-state index in [1.54, 1.807) is 0 Å². The van der Waals surface area contributed by atoms with Gasteiger partial charge < -0.3 is 5.32 Å². The van der Waals surface area contributed by atoms with Crippen LogP contribution in [0, 0.1) is 13.8 Å². The summed E-state index contributed by atoms with van der Waals surface area (Å²) in [5.41, 5.74) is 2.39. The molecule has 0 saturated carbocycles. The highest BCUT2D eigenvalue weighted by atomic mass is 35.5. The molecule has 4 heteroatoms. The number of rotatable bonds is 4. The predicted octanol–water partition coefficient (Wildman–Crippen LogP) is 5.52. The van der Waals surface area contributed by atoms with Gasteiger partial charge in [0.05, 0.1) is 0 Å². The van der Waals surface area contributed by atoms with Crippen LogP contribution < -0.4 is 5.32 Å². The highest BCUT2D eigenvalue weighted by Gasteiger charge is 2.11. The van der Waals surface area contributed by atoms with Crippen LogP contribution in [0.25, 0.3) is 0 Å². The van der Waals surface area contributed by atoms with Gasteiger partial charge in [-0.05, 0) is 56.2 Å². The lowest BCUT2D eigenvalue weighted by Crippen LogP contribution is -2.18. The smallest absolute Gasteiger partial charge is 0.0451 e. The fourth-order valence-corrected chi connectivity index (χ4v) is 3.53. The predicted molar refractivity (Wildman–Crippen MR) is 85.5 cm³/mol. The van der Waals surface area contributed by atoms with Gasteiger partial charge in [-0.2, -0.15) is 0 Å². The van der Waals surface area contributed by atoms with Crippen LogP contribution in [0.5, 0.6) is 0 Å². The summed E-state index contributed by atoms with van der Waals surface area (Å²) in [5, 5.41) is 4.97. The molecule has 0 aliphatic heterocycles. The van der Waals surface area contributed by atoms with Crippen molar-refractivity contribution in [2.45, 2.75) is 33.4 Å². The number of nitrogens with one attached hydrogen (secondary N) is 1. The van der Waals surface area contributed by atoms with Gasteiger partial charge >= 0.3 is 0 Å². The van der Waals surface area contributed by atoms with Crippen LogP contribution >= 0.6 is 34.5 Å². The molecule has 0 spiro atoms. The topological polar surface area (TPSA) is 12.0 Å². The molecule has 0 aliphatic carbocycles. The van der Waals surface area contributed by atoms with E-state index in [1.165, 1.54) is 15.3 Å². The molecule has 1 heterocycles. The summed E-state index contributed by atoms with van der Waals surface area (Å²) in [4.78, 5) is 2.72. The monoisotopic (exact) mass is 313 g/mol. The molecule has 1 unspecified atom stereocenters. The quantitative estimate of drug-likeness (QED) is 0.783. The molecule has 2 aromatic rings. The van der Waals surface area contributed by atoms with Gasteiger partial charge in [-0.1, -0.05) is 23.2 Å². The molecule has 102 valence electrons. The first-order chi connectivity index (χ1) is 8.97. The second kappa shape index (κ2) is 6.27. The summed E-state index contributed by atoms with van der Waals surface area (Å²) in [5.74, 6) is 0. The molecular weight excluding hydrogens is 297 g/mol. The van der Waals surface area contributed by atoms with Crippen molar-refractivity contribution in [2.24, 2.45) is 0 Å². The maximum Gasteiger partial charge on any atom is 0.0451 e. The second-order valence-electron chi connectivity index (χ2n) is 4.71. The third kappa shape index (κ3) is 3.73. The summed E-state index contributed by atoms with van der Waals surface area (Å²) in [6, 6.07) is 8.11. The Hall–Kier alpha value is -0.540. The number of hydrogen-bond donors (Lipinski definition) is 1. The fraction of sp³-hybridized carbons (Fsp3) is 0.333. The zero-order chi connectivity index (χ0) is 14.0. The first-order valence-electron chi connectivity index (χ1n) is 6.21. The Bertz CT molecular complexity index is 578. The van der Waals surface area contributed by atoms with E-state index < -0.39 is 0 Å². The summed E-state index contributed by atoms with van der Waals surface area (Å²) >= 11 is 14.0. The molecule has 0 fully saturated rings. The number of aryl methyl sites for hydroxylation is 2. The minimum Gasteiger partial charge on any atom is -0.306 e. The highest BCUT2D eigenvalue weighted by molar-refractivity contribution is 7.12. The molecular formula is C15H17Cl2NS. The third-order valence-corrected chi connectivity index (χ3v) is 4.74. The normalized spacial score (nSPS) is 12.7. The maximum absolute atomic E-state index is 6.16. The third-order valence-electron chi connectivity index (χ3n) is 3.15. The summed E-state index contributed by atoms with van der Waals surface area (Å²) in [6.07, 6.45) is 0. The van der Waals surface area contributed by atoms with Crippen molar-refractivity contribution in [2.75, 3.05) is 0 Å². The number of halogens is 2. The molecule has 1 N–H and O–H groups in total. The summed E-state index contributed by atoms with van der Waals surface area (Å²) in [6.45, 7) is 7.20. The molecule has 1 aromatic heterocycles. The average molecular weight is 314 g/mol. The van der Waals surface area contributed by atoms with Crippen LogP contribution in [0.1, 0.15) is 33.8 Å². The minimum atomic E-state index is 0.306. The van der Waals surface area contributed by atoms with E-state index in [9.17, 15) is 0 Å². The SMILES string of the molecule is Cc1cc(C(C)NCc2cc(Cl)ccc2Cl)c(C)s1. The Kier molecular flexibility index (Phi) is 4.91. The summed E-state index contributed by atoms with van der Waals surface area (Å²) in [7, 11) is 0. The Morgan fingerprint density at radius 1 is 1.21 bits per heavy atom. The van der Waals surface area contributed by atoms with Gasteiger partial charge in [0.15, 0.2) is 0 Å². The lowest BCUT2D eigenvalue weighted by Gasteiger charge is -2.15. The van der Waals surface area contributed by atoms with Crippen molar-refractivity contribution in [3.8, 4) is 0 Å². The molecule has 0 bridgehead atoms. The molecule has 0 aliphatic rings. The van der Waals surface area contributed by atoms with Gasteiger partial charge in [0, 0.05) is 32.4 Å². The van der Waals surface area contributed by atoms with E-state index >= 15 is 0 Å². The van der Waals surface area contributed by atoms with Crippen LogP contribution in [-0.2, 0) is 6.54 Å².